The van der Waals surface area contributed by atoms with Crippen molar-refractivity contribution in [3.63, 3.8) is 0 Å². The quantitative estimate of drug-likeness (QED) is 0.532. The molecule has 0 aliphatic carbocycles. The molecule has 0 unspecified atom stereocenters. The summed E-state index contributed by atoms with van der Waals surface area (Å²) in [6.07, 6.45) is 0. The van der Waals surface area contributed by atoms with Crippen molar-refractivity contribution in [3.8, 4) is 5.75 Å². The molecule has 0 fully saturated rings. The molecule has 28 heavy (non-hydrogen) atoms. The average molecular weight is 373 g/mol. The predicted octanol–water partition coefficient (Wildman–Crippen LogP) is 4.58. The van der Waals surface area contributed by atoms with Crippen molar-refractivity contribution in [3.05, 3.63) is 82.0 Å². The number of fused-ring (bicyclic) bond motifs is 2. The molecule has 0 spiro atoms. The molecule has 0 aliphatic rings. The van der Waals surface area contributed by atoms with Crippen molar-refractivity contribution < 1.29 is 13.9 Å². The zero-order valence-corrected chi connectivity index (χ0v) is 15.6. The maximum Gasteiger partial charge on any atom is 0.262 e. The lowest BCUT2D eigenvalue weighted by molar-refractivity contribution is -0.118. The lowest BCUT2D eigenvalue weighted by Gasteiger charge is -2.09. The summed E-state index contributed by atoms with van der Waals surface area (Å²) in [4.78, 5) is 24.9. The van der Waals surface area contributed by atoms with E-state index in [9.17, 15) is 9.59 Å². The van der Waals surface area contributed by atoms with Gasteiger partial charge in [-0.15, -0.1) is 0 Å². The topological polar surface area (TPSA) is 68.5 Å². The van der Waals surface area contributed by atoms with Gasteiger partial charge in [-0.3, -0.25) is 9.59 Å². The standard InChI is InChI=1S/C23H19NO4/c1-14-6-9-17(10-7-14)27-13-21(25)24-16-8-11-18-20(12-16)28-23-15(2)4-3-5-19(23)22(18)26/h3-12H,13H2,1-2H3,(H,24,25). The third kappa shape index (κ3) is 3.47. The summed E-state index contributed by atoms with van der Waals surface area (Å²) < 4.78 is 11.4. The van der Waals surface area contributed by atoms with Gasteiger partial charge in [-0.25, -0.2) is 0 Å². The van der Waals surface area contributed by atoms with Gasteiger partial charge < -0.3 is 14.5 Å². The Morgan fingerprint density at radius 3 is 2.57 bits per heavy atom. The first-order valence-electron chi connectivity index (χ1n) is 8.97. The van der Waals surface area contributed by atoms with Crippen LogP contribution in [0.25, 0.3) is 21.9 Å². The summed E-state index contributed by atoms with van der Waals surface area (Å²) in [7, 11) is 0. The number of para-hydroxylation sites is 1. The van der Waals surface area contributed by atoms with Gasteiger partial charge >= 0.3 is 0 Å². The highest BCUT2D eigenvalue weighted by Gasteiger charge is 2.11. The van der Waals surface area contributed by atoms with E-state index in [2.05, 4.69) is 5.32 Å². The summed E-state index contributed by atoms with van der Waals surface area (Å²) in [5.74, 6) is 0.339. The van der Waals surface area contributed by atoms with Crippen LogP contribution >= 0.6 is 0 Å². The Morgan fingerprint density at radius 2 is 1.79 bits per heavy atom. The number of hydrogen-bond acceptors (Lipinski definition) is 4. The summed E-state index contributed by atoms with van der Waals surface area (Å²) in [6.45, 7) is 3.77. The van der Waals surface area contributed by atoms with Gasteiger partial charge in [0.25, 0.3) is 5.91 Å². The number of ether oxygens (including phenoxy) is 1. The van der Waals surface area contributed by atoms with E-state index in [0.717, 1.165) is 11.1 Å². The largest absolute Gasteiger partial charge is 0.484 e. The smallest absolute Gasteiger partial charge is 0.262 e. The fourth-order valence-corrected chi connectivity index (χ4v) is 3.07. The highest BCUT2D eigenvalue weighted by atomic mass is 16.5. The Kier molecular flexibility index (Phi) is 4.57. The molecule has 1 N–H and O–H groups in total. The lowest BCUT2D eigenvalue weighted by atomic mass is 10.1. The lowest BCUT2D eigenvalue weighted by Crippen LogP contribution is -2.20. The number of nitrogens with one attached hydrogen (secondary N) is 1. The van der Waals surface area contributed by atoms with Gasteiger partial charge in [0, 0.05) is 11.8 Å². The highest BCUT2D eigenvalue weighted by Crippen LogP contribution is 2.23. The van der Waals surface area contributed by atoms with Crippen LogP contribution in [0.1, 0.15) is 11.1 Å². The van der Waals surface area contributed by atoms with Crippen LogP contribution in [0.5, 0.6) is 5.75 Å². The highest BCUT2D eigenvalue weighted by molar-refractivity contribution is 5.96. The van der Waals surface area contributed by atoms with Crippen LogP contribution < -0.4 is 15.5 Å². The van der Waals surface area contributed by atoms with Crippen LogP contribution in [0.4, 0.5) is 5.69 Å². The van der Waals surface area contributed by atoms with E-state index >= 15 is 0 Å². The fraction of sp³-hybridized carbons (Fsp3) is 0.130. The molecule has 1 amide bonds. The van der Waals surface area contributed by atoms with Gasteiger partial charge in [-0.1, -0.05) is 29.8 Å². The number of carbonyl (C=O) groups excluding carboxylic acids is 1. The molecule has 0 atom stereocenters. The first-order valence-corrected chi connectivity index (χ1v) is 8.97. The predicted molar refractivity (Wildman–Crippen MR) is 110 cm³/mol. The number of carbonyl (C=O) groups is 1. The minimum Gasteiger partial charge on any atom is -0.484 e. The van der Waals surface area contributed by atoms with E-state index in [1.54, 1.807) is 24.3 Å². The molecular formula is C23H19NO4. The summed E-state index contributed by atoms with van der Waals surface area (Å²) in [6, 6.07) is 18.0. The molecule has 1 aromatic heterocycles. The molecule has 0 bridgehead atoms. The molecule has 0 saturated heterocycles. The average Bonchev–Trinajstić information content (AvgIpc) is 2.68. The number of amides is 1. The van der Waals surface area contributed by atoms with Crippen molar-refractivity contribution in [2.75, 3.05) is 11.9 Å². The second kappa shape index (κ2) is 7.19. The third-order valence-corrected chi connectivity index (χ3v) is 4.57. The SMILES string of the molecule is Cc1ccc(OCC(=O)Nc2ccc3c(=O)c4cccc(C)c4oc3c2)cc1. The van der Waals surface area contributed by atoms with Gasteiger partial charge in [-0.2, -0.15) is 0 Å². The van der Waals surface area contributed by atoms with E-state index in [1.807, 2.05) is 50.2 Å². The number of hydrogen-bond donors (Lipinski definition) is 1. The van der Waals surface area contributed by atoms with Gasteiger partial charge in [0.2, 0.25) is 5.43 Å². The number of rotatable bonds is 4. The Bertz CT molecular complexity index is 1240. The molecule has 0 radical (unpaired) electrons. The Labute approximate surface area is 161 Å². The van der Waals surface area contributed by atoms with Crippen LogP contribution in [0.3, 0.4) is 0 Å². The van der Waals surface area contributed by atoms with Gasteiger partial charge in [0.15, 0.2) is 6.61 Å². The molecule has 5 heteroatoms. The van der Waals surface area contributed by atoms with E-state index in [4.69, 9.17) is 9.15 Å². The van der Waals surface area contributed by atoms with Gasteiger partial charge in [0.1, 0.15) is 16.9 Å². The van der Waals surface area contributed by atoms with Crippen LogP contribution in [-0.2, 0) is 4.79 Å². The Morgan fingerprint density at radius 1 is 1.00 bits per heavy atom. The van der Waals surface area contributed by atoms with Crippen molar-refractivity contribution in [2.24, 2.45) is 0 Å². The monoisotopic (exact) mass is 373 g/mol. The van der Waals surface area contributed by atoms with Crippen molar-refractivity contribution >= 4 is 33.5 Å². The van der Waals surface area contributed by atoms with E-state index in [0.29, 0.717) is 33.4 Å². The first-order chi connectivity index (χ1) is 13.5. The first kappa shape index (κ1) is 17.8. The molecule has 1 heterocycles. The van der Waals surface area contributed by atoms with Gasteiger partial charge in [0.05, 0.1) is 10.8 Å². The maximum absolute atomic E-state index is 12.7. The van der Waals surface area contributed by atoms with Crippen LogP contribution in [0.2, 0.25) is 0 Å². The van der Waals surface area contributed by atoms with E-state index in [-0.39, 0.29) is 17.9 Å². The number of aryl methyl sites for hydroxylation is 2. The maximum atomic E-state index is 12.7. The van der Waals surface area contributed by atoms with E-state index < -0.39 is 0 Å². The second-order valence-corrected chi connectivity index (χ2v) is 6.74. The molecular weight excluding hydrogens is 354 g/mol. The van der Waals surface area contributed by atoms with Crippen LogP contribution in [-0.4, -0.2) is 12.5 Å². The second-order valence-electron chi connectivity index (χ2n) is 6.74. The minimum atomic E-state index is -0.292. The molecule has 4 rings (SSSR count). The van der Waals surface area contributed by atoms with Crippen molar-refractivity contribution in [1.29, 1.82) is 0 Å². The minimum absolute atomic E-state index is 0.0828. The third-order valence-electron chi connectivity index (χ3n) is 4.57. The van der Waals surface area contributed by atoms with E-state index in [1.165, 1.54) is 0 Å². The normalized spacial score (nSPS) is 10.9. The summed E-state index contributed by atoms with van der Waals surface area (Å²) >= 11 is 0. The summed E-state index contributed by atoms with van der Waals surface area (Å²) in [5, 5.41) is 3.80. The number of benzene rings is 3. The Hall–Kier alpha value is -3.60. The fourth-order valence-electron chi connectivity index (χ4n) is 3.07. The molecule has 140 valence electrons. The van der Waals surface area contributed by atoms with Crippen LogP contribution in [0.15, 0.2) is 69.9 Å². The van der Waals surface area contributed by atoms with Crippen LogP contribution in [0, 0.1) is 13.8 Å². The van der Waals surface area contributed by atoms with Gasteiger partial charge in [-0.05, 0) is 49.7 Å². The number of anilines is 1. The zero-order valence-electron chi connectivity index (χ0n) is 15.6. The molecule has 3 aromatic carbocycles. The summed E-state index contributed by atoms with van der Waals surface area (Å²) in [5.41, 5.74) is 3.46. The molecule has 5 nitrogen and oxygen atoms in total. The molecule has 0 saturated carbocycles. The molecule has 4 aromatic rings. The van der Waals surface area contributed by atoms with Crippen molar-refractivity contribution in [2.45, 2.75) is 13.8 Å². The zero-order chi connectivity index (χ0) is 19.7. The Balaban J connectivity index is 1.56. The van der Waals surface area contributed by atoms with Crippen molar-refractivity contribution in [1.82, 2.24) is 0 Å². The molecule has 0 aliphatic heterocycles.